The summed E-state index contributed by atoms with van der Waals surface area (Å²) in [7, 11) is -0.431. The number of hydrogen-bond acceptors (Lipinski definition) is 6. The summed E-state index contributed by atoms with van der Waals surface area (Å²) in [6, 6.07) is 22.3. The minimum atomic E-state index is -0.431. The van der Waals surface area contributed by atoms with Gasteiger partial charge in [0.1, 0.15) is 11.6 Å². The number of amides is 2. The Kier molecular flexibility index (Phi) is 11.9. The van der Waals surface area contributed by atoms with E-state index in [4.69, 9.17) is 9.31 Å². The van der Waals surface area contributed by atoms with Crippen molar-refractivity contribution in [1.29, 1.82) is 0 Å². The molecular weight excluding hydrogens is 643 g/mol. The van der Waals surface area contributed by atoms with E-state index in [-0.39, 0.29) is 23.0 Å². The molecule has 0 saturated carbocycles. The summed E-state index contributed by atoms with van der Waals surface area (Å²) < 4.78 is 13.0. The quantitative estimate of drug-likeness (QED) is 0.176. The molecule has 1 fully saturated rings. The molecule has 2 amide bonds. The fourth-order valence-corrected chi connectivity index (χ4v) is 4.99. The second kappa shape index (κ2) is 15.6. The predicted octanol–water partition coefficient (Wildman–Crippen LogP) is 7.63. The zero-order valence-electron chi connectivity index (χ0n) is 27.4. The predicted molar refractivity (Wildman–Crippen MR) is 189 cm³/mol. The zero-order valence-corrected chi connectivity index (χ0v) is 29.0. The summed E-state index contributed by atoms with van der Waals surface area (Å²) in [4.78, 5) is 32.9. The van der Waals surface area contributed by atoms with Gasteiger partial charge in [0, 0.05) is 28.0 Å². The molecule has 2 aromatic carbocycles. The number of carbonyl (C=O) groups is 2. The lowest BCUT2D eigenvalue weighted by molar-refractivity contribution is 0.00578. The van der Waals surface area contributed by atoms with Gasteiger partial charge in [0.25, 0.3) is 11.8 Å². The molecule has 2 N–H and O–H groups in total. The summed E-state index contributed by atoms with van der Waals surface area (Å²) >= 11 is 3.34. The molecule has 1 aliphatic heterocycles. The average Bonchev–Trinajstić information content (AvgIpc) is 3.24. The zero-order chi connectivity index (χ0) is 33.3. The normalized spacial score (nSPS) is 14.6. The van der Waals surface area contributed by atoms with Gasteiger partial charge < -0.3 is 19.9 Å². The molecule has 0 radical (unpaired) electrons. The van der Waals surface area contributed by atoms with Crippen LogP contribution in [-0.2, 0) is 22.2 Å². The molecule has 240 valence electrons. The first-order valence-corrected chi connectivity index (χ1v) is 16.4. The van der Waals surface area contributed by atoms with Crippen LogP contribution in [0.5, 0.6) is 0 Å². The Labute approximate surface area is 281 Å². The standard InChI is InChI=1S/C21H27BN2O3.C15H15BrN2O/c1-6-7-15-12-13-23-18(14-15)24-19(25)16-8-10-17(11-9-16)22-26-20(2,3)21(4,5)27-22;1-2-3-11-8-9-17-14(10-11)18-15(19)12-4-6-13(16)7-5-12/h8-14H,6-7H2,1-5H3,(H,23,24,25);4-10H,2-3H2,1H3,(H,17,18,19). The first-order valence-electron chi connectivity index (χ1n) is 15.6. The molecular formula is C36H42BBrN4O4. The first-order chi connectivity index (χ1) is 21.9. The number of benzene rings is 2. The summed E-state index contributed by atoms with van der Waals surface area (Å²) in [5, 5.41) is 5.67. The Morgan fingerprint density at radius 1 is 0.696 bits per heavy atom. The Hall–Kier alpha value is -3.86. The second-order valence-corrected chi connectivity index (χ2v) is 13.1. The van der Waals surface area contributed by atoms with Gasteiger partial charge in [-0.15, -0.1) is 0 Å². The number of hydrogen-bond donors (Lipinski definition) is 2. The third kappa shape index (κ3) is 9.34. The number of anilines is 2. The van der Waals surface area contributed by atoms with Crippen molar-refractivity contribution in [2.45, 2.75) is 78.4 Å². The van der Waals surface area contributed by atoms with Gasteiger partial charge in [-0.1, -0.05) is 54.8 Å². The van der Waals surface area contributed by atoms with Crippen LogP contribution in [0.2, 0.25) is 0 Å². The molecule has 8 nitrogen and oxygen atoms in total. The van der Waals surface area contributed by atoms with Crippen LogP contribution in [0.15, 0.2) is 89.7 Å². The van der Waals surface area contributed by atoms with Gasteiger partial charge in [0.05, 0.1) is 11.2 Å². The number of nitrogens with zero attached hydrogens (tertiary/aromatic N) is 2. The molecule has 1 aliphatic rings. The lowest BCUT2D eigenvalue weighted by Gasteiger charge is -2.32. The van der Waals surface area contributed by atoms with Crippen LogP contribution in [0.4, 0.5) is 11.6 Å². The molecule has 0 atom stereocenters. The van der Waals surface area contributed by atoms with Gasteiger partial charge in [-0.3, -0.25) is 9.59 Å². The highest BCUT2D eigenvalue weighted by atomic mass is 79.9. The van der Waals surface area contributed by atoms with E-state index in [1.54, 1.807) is 36.7 Å². The summed E-state index contributed by atoms with van der Waals surface area (Å²) in [6.07, 6.45) is 7.53. The first kappa shape index (κ1) is 35.0. The van der Waals surface area contributed by atoms with E-state index in [1.165, 1.54) is 11.1 Å². The third-order valence-electron chi connectivity index (χ3n) is 8.01. The fourth-order valence-electron chi connectivity index (χ4n) is 4.72. The second-order valence-electron chi connectivity index (χ2n) is 12.2. The lowest BCUT2D eigenvalue weighted by Crippen LogP contribution is -2.41. The molecule has 0 spiro atoms. The largest absolute Gasteiger partial charge is 0.494 e. The number of aromatic nitrogens is 2. The van der Waals surface area contributed by atoms with Crippen LogP contribution in [0.25, 0.3) is 0 Å². The van der Waals surface area contributed by atoms with Gasteiger partial charge in [-0.25, -0.2) is 9.97 Å². The van der Waals surface area contributed by atoms with Crippen molar-refractivity contribution in [3.63, 3.8) is 0 Å². The maximum atomic E-state index is 12.5. The number of aryl methyl sites for hydroxylation is 2. The molecule has 5 rings (SSSR count). The highest BCUT2D eigenvalue weighted by molar-refractivity contribution is 9.10. The van der Waals surface area contributed by atoms with Crippen molar-refractivity contribution >= 4 is 52.0 Å². The van der Waals surface area contributed by atoms with E-state index in [1.807, 2.05) is 76.2 Å². The van der Waals surface area contributed by atoms with Crippen LogP contribution in [0.3, 0.4) is 0 Å². The van der Waals surface area contributed by atoms with Gasteiger partial charge in [-0.05, 0) is 118 Å². The number of carbonyl (C=O) groups excluding carboxylic acids is 2. The Bertz CT molecular complexity index is 1610. The molecule has 46 heavy (non-hydrogen) atoms. The minimum absolute atomic E-state index is 0.145. The van der Waals surface area contributed by atoms with Crippen molar-refractivity contribution < 1.29 is 18.9 Å². The Balaban J connectivity index is 0.000000222. The molecule has 2 aromatic heterocycles. The third-order valence-corrected chi connectivity index (χ3v) is 8.54. The van der Waals surface area contributed by atoms with E-state index >= 15 is 0 Å². The van der Waals surface area contributed by atoms with Crippen LogP contribution in [-0.4, -0.2) is 40.1 Å². The van der Waals surface area contributed by atoms with E-state index in [9.17, 15) is 9.59 Å². The smallest absolute Gasteiger partial charge is 0.399 e. The Morgan fingerprint density at radius 3 is 1.52 bits per heavy atom. The van der Waals surface area contributed by atoms with E-state index in [0.29, 0.717) is 22.8 Å². The number of halogens is 1. The van der Waals surface area contributed by atoms with Crippen molar-refractivity contribution in [1.82, 2.24) is 9.97 Å². The van der Waals surface area contributed by atoms with Crippen LogP contribution < -0.4 is 16.1 Å². The van der Waals surface area contributed by atoms with Gasteiger partial charge in [0.2, 0.25) is 0 Å². The molecule has 3 heterocycles. The Morgan fingerprint density at radius 2 is 1.11 bits per heavy atom. The monoisotopic (exact) mass is 684 g/mol. The fraction of sp³-hybridized carbons (Fsp3) is 0.333. The molecule has 10 heteroatoms. The van der Waals surface area contributed by atoms with E-state index in [0.717, 1.165) is 35.6 Å². The highest BCUT2D eigenvalue weighted by Gasteiger charge is 2.51. The average molecular weight is 685 g/mol. The van der Waals surface area contributed by atoms with Crippen molar-refractivity contribution in [3.8, 4) is 0 Å². The lowest BCUT2D eigenvalue weighted by atomic mass is 9.79. The van der Waals surface area contributed by atoms with Crippen LogP contribution in [0.1, 0.15) is 86.2 Å². The molecule has 4 aromatic rings. The molecule has 0 unspecified atom stereocenters. The number of nitrogens with one attached hydrogen (secondary N) is 2. The van der Waals surface area contributed by atoms with Crippen molar-refractivity contribution in [3.05, 3.63) is 112 Å². The van der Waals surface area contributed by atoms with Crippen molar-refractivity contribution in [2.75, 3.05) is 10.6 Å². The molecule has 1 saturated heterocycles. The maximum absolute atomic E-state index is 12.5. The van der Waals surface area contributed by atoms with E-state index < -0.39 is 7.12 Å². The van der Waals surface area contributed by atoms with E-state index in [2.05, 4.69) is 50.4 Å². The molecule has 0 aliphatic carbocycles. The van der Waals surface area contributed by atoms with Crippen LogP contribution >= 0.6 is 15.9 Å². The SMILES string of the molecule is CCCc1ccnc(NC(=O)c2ccc(B3OC(C)(C)C(C)(C)O3)cc2)c1.CCCc1ccnc(NC(=O)c2ccc(Br)cc2)c1. The minimum Gasteiger partial charge on any atom is -0.399 e. The summed E-state index contributed by atoms with van der Waals surface area (Å²) in [6.45, 7) is 12.3. The van der Waals surface area contributed by atoms with Crippen molar-refractivity contribution in [2.24, 2.45) is 0 Å². The summed E-state index contributed by atoms with van der Waals surface area (Å²) in [5.41, 5.74) is 3.66. The topological polar surface area (TPSA) is 102 Å². The summed E-state index contributed by atoms with van der Waals surface area (Å²) in [5.74, 6) is 0.838. The van der Waals surface area contributed by atoms with Gasteiger partial charge >= 0.3 is 7.12 Å². The maximum Gasteiger partial charge on any atom is 0.494 e. The van der Waals surface area contributed by atoms with Gasteiger partial charge in [-0.2, -0.15) is 0 Å². The number of rotatable bonds is 9. The highest BCUT2D eigenvalue weighted by Crippen LogP contribution is 2.36. The number of pyridine rings is 2. The van der Waals surface area contributed by atoms with Gasteiger partial charge in [0.15, 0.2) is 0 Å². The molecule has 0 bridgehead atoms. The van der Waals surface area contributed by atoms with Crippen LogP contribution in [0, 0.1) is 0 Å².